The highest BCUT2D eigenvalue weighted by atomic mass is 16.2. The third-order valence-corrected chi connectivity index (χ3v) is 3.43. The average molecular weight is 254 g/mol. The molecule has 1 fully saturated rings. The molecule has 1 amide bonds. The number of nitrogens with one attached hydrogen (secondary N) is 1. The van der Waals surface area contributed by atoms with E-state index in [0.717, 1.165) is 24.5 Å². The van der Waals surface area contributed by atoms with Gasteiger partial charge in [-0.1, -0.05) is 33.8 Å². The molecule has 106 valence electrons. The van der Waals surface area contributed by atoms with E-state index in [-0.39, 0.29) is 5.91 Å². The van der Waals surface area contributed by atoms with Crippen LogP contribution in [0.15, 0.2) is 12.3 Å². The predicted octanol–water partition coefficient (Wildman–Crippen LogP) is 3.87. The van der Waals surface area contributed by atoms with E-state index >= 15 is 0 Å². The molecule has 1 aliphatic carbocycles. The van der Waals surface area contributed by atoms with Gasteiger partial charge in [-0.05, 0) is 38.5 Å². The first kappa shape index (κ1) is 17.2. The lowest BCUT2D eigenvalue weighted by molar-refractivity contribution is -0.130. The molecular weight excluding hydrogens is 224 g/mol. The van der Waals surface area contributed by atoms with Crippen LogP contribution in [-0.2, 0) is 4.79 Å². The number of hydrogen-bond donors (Lipinski definition) is 1. The van der Waals surface area contributed by atoms with E-state index < -0.39 is 0 Å². The summed E-state index contributed by atoms with van der Waals surface area (Å²) in [5, 5.41) is 1.58. The summed E-state index contributed by atoms with van der Waals surface area (Å²) in [6, 6.07) is 0.434. The Kier molecular flexibility index (Phi) is 8.73. The van der Waals surface area contributed by atoms with Gasteiger partial charge in [-0.25, -0.2) is 5.43 Å². The van der Waals surface area contributed by atoms with E-state index in [1.165, 1.54) is 19.3 Å². The van der Waals surface area contributed by atoms with Gasteiger partial charge in [-0.15, -0.1) is 0 Å². The van der Waals surface area contributed by atoms with Gasteiger partial charge in [0.1, 0.15) is 0 Å². The first-order chi connectivity index (χ1) is 8.54. The third kappa shape index (κ3) is 5.67. The molecule has 18 heavy (non-hydrogen) atoms. The molecule has 3 nitrogen and oxygen atoms in total. The van der Waals surface area contributed by atoms with Gasteiger partial charge in [-0.3, -0.25) is 9.80 Å². The molecule has 0 aliphatic heterocycles. The fraction of sp³-hybridized carbons (Fsp3) is 0.800. The fourth-order valence-electron chi connectivity index (χ4n) is 2.35. The lowest BCUT2D eigenvalue weighted by atomic mass is 9.85. The molecule has 0 saturated heterocycles. The molecule has 1 saturated carbocycles. The van der Waals surface area contributed by atoms with Crippen LogP contribution in [0.3, 0.4) is 0 Å². The molecule has 0 aromatic heterocycles. The largest absolute Gasteiger partial charge is 0.273 e. The van der Waals surface area contributed by atoms with Crippen molar-refractivity contribution >= 4 is 5.91 Å². The first-order valence-electron chi connectivity index (χ1n) is 7.27. The van der Waals surface area contributed by atoms with Crippen molar-refractivity contribution in [2.24, 2.45) is 5.92 Å². The monoisotopic (exact) mass is 254 g/mol. The van der Waals surface area contributed by atoms with Crippen molar-refractivity contribution in [3.05, 3.63) is 12.3 Å². The Hall–Kier alpha value is -0.830. The average Bonchev–Trinajstić information content (AvgIpc) is 2.38. The van der Waals surface area contributed by atoms with E-state index in [4.69, 9.17) is 0 Å². The SMILES string of the molecule is C=C(C)N(NC1CCC(CC)CC1)C(C)=O.CC. The zero-order valence-electron chi connectivity index (χ0n) is 12.8. The smallest absolute Gasteiger partial charge is 0.237 e. The molecule has 0 aromatic rings. The summed E-state index contributed by atoms with van der Waals surface area (Å²) in [7, 11) is 0. The Morgan fingerprint density at radius 2 is 1.72 bits per heavy atom. The van der Waals surface area contributed by atoms with Crippen molar-refractivity contribution in [3.63, 3.8) is 0 Å². The van der Waals surface area contributed by atoms with Crippen LogP contribution in [0.4, 0.5) is 0 Å². The van der Waals surface area contributed by atoms with Crippen molar-refractivity contribution < 1.29 is 4.79 Å². The third-order valence-electron chi connectivity index (χ3n) is 3.43. The van der Waals surface area contributed by atoms with Crippen molar-refractivity contribution in [2.45, 2.75) is 72.8 Å². The van der Waals surface area contributed by atoms with Crippen LogP contribution in [0, 0.1) is 5.92 Å². The number of carbonyl (C=O) groups excluding carboxylic acids is 1. The van der Waals surface area contributed by atoms with Crippen molar-refractivity contribution in [1.29, 1.82) is 0 Å². The molecule has 1 rings (SSSR count). The summed E-state index contributed by atoms with van der Waals surface area (Å²) in [5.74, 6) is 0.902. The van der Waals surface area contributed by atoms with Crippen LogP contribution in [0.2, 0.25) is 0 Å². The summed E-state index contributed by atoms with van der Waals surface area (Å²) in [6.45, 7) is 13.5. The standard InChI is InChI=1S/C13H24N2O.C2H6/c1-5-12-6-8-13(9-7-12)14-15(10(2)3)11(4)16;1-2/h12-14H,2,5-9H2,1,3-4H3;1-2H3. The minimum absolute atomic E-state index is 0.0186. The van der Waals surface area contributed by atoms with E-state index in [9.17, 15) is 4.79 Å². The van der Waals surface area contributed by atoms with Crippen LogP contribution >= 0.6 is 0 Å². The maximum Gasteiger partial charge on any atom is 0.237 e. The molecule has 0 atom stereocenters. The van der Waals surface area contributed by atoms with Gasteiger partial charge < -0.3 is 0 Å². The quantitative estimate of drug-likeness (QED) is 0.772. The molecule has 3 heteroatoms. The second kappa shape index (κ2) is 9.15. The van der Waals surface area contributed by atoms with Crippen LogP contribution in [0.5, 0.6) is 0 Å². The Bertz CT molecular complexity index is 241. The molecule has 0 radical (unpaired) electrons. The number of hydrazine groups is 1. The normalized spacial score (nSPS) is 22.7. The topological polar surface area (TPSA) is 32.3 Å². The summed E-state index contributed by atoms with van der Waals surface area (Å²) in [6.07, 6.45) is 6.15. The summed E-state index contributed by atoms with van der Waals surface area (Å²) < 4.78 is 0. The lowest BCUT2D eigenvalue weighted by Crippen LogP contribution is -2.47. The van der Waals surface area contributed by atoms with Gasteiger partial charge >= 0.3 is 0 Å². The van der Waals surface area contributed by atoms with Crippen molar-refractivity contribution in [3.8, 4) is 0 Å². The van der Waals surface area contributed by atoms with E-state index in [0.29, 0.717) is 6.04 Å². The number of allylic oxidation sites excluding steroid dienone is 1. The maximum absolute atomic E-state index is 11.4. The minimum Gasteiger partial charge on any atom is -0.273 e. The molecule has 1 N–H and O–H groups in total. The number of hydrogen-bond acceptors (Lipinski definition) is 2. The Labute approximate surface area is 113 Å². The van der Waals surface area contributed by atoms with Crippen molar-refractivity contribution in [1.82, 2.24) is 10.4 Å². The minimum atomic E-state index is 0.0186. The number of rotatable bonds is 4. The summed E-state index contributed by atoms with van der Waals surface area (Å²) in [5.41, 5.74) is 4.05. The number of amides is 1. The van der Waals surface area contributed by atoms with E-state index in [2.05, 4.69) is 18.9 Å². The molecule has 0 unspecified atom stereocenters. The highest BCUT2D eigenvalue weighted by molar-refractivity contribution is 5.74. The lowest BCUT2D eigenvalue weighted by Gasteiger charge is -2.33. The van der Waals surface area contributed by atoms with Gasteiger partial charge in [0.15, 0.2) is 0 Å². The van der Waals surface area contributed by atoms with Gasteiger partial charge in [0.05, 0.1) is 0 Å². The Morgan fingerprint density at radius 3 is 2.06 bits per heavy atom. The van der Waals surface area contributed by atoms with Crippen LogP contribution < -0.4 is 5.43 Å². The first-order valence-corrected chi connectivity index (χ1v) is 7.27. The molecule has 0 bridgehead atoms. The second-order valence-electron chi connectivity index (χ2n) is 4.84. The molecule has 0 spiro atoms. The van der Waals surface area contributed by atoms with Gasteiger partial charge in [0.2, 0.25) is 5.91 Å². The Balaban J connectivity index is 0.00000137. The highest BCUT2D eigenvalue weighted by Crippen LogP contribution is 2.26. The summed E-state index contributed by atoms with van der Waals surface area (Å²) >= 11 is 0. The predicted molar refractivity (Wildman–Crippen MR) is 77.9 cm³/mol. The highest BCUT2D eigenvalue weighted by Gasteiger charge is 2.22. The van der Waals surface area contributed by atoms with E-state index in [1.807, 2.05) is 20.8 Å². The zero-order chi connectivity index (χ0) is 14.1. The number of nitrogens with zero attached hydrogens (tertiary/aromatic N) is 1. The van der Waals surface area contributed by atoms with E-state index in [1.54, 1.807) is 11.9 Å². The van der Waals surface area contributed by atoms with Gasteiger partial charge in [-0.2, -0.15) is 0 Å². The maximum atomic E-state index is 11.4. The number of carbonyl (C=O) groups is 1. The zero-order valence-corrected chi connectivity index (χ0v) is 12.8. The summed E-state index contributed by atoms with van der Waals surface area (Å²) in [4.78, 5) is 11.4. The van der Waals surface area contributed by atoms with Crippen LogP contribution in [0.25, 0.3) is 0 Å². The molecule has 0 heterocycles. The van der Waals surface area contributed by atoms with Gasteiger partial charge in [0.25, 0.3) is 0 Å². The molecule has 1 aliphatic rings. The second-order valence-corrected chi connectivity index (χ2v) is 4.84. The van der Waals surface area contributed by atoms with Crippen molar-refractivity contribution in [2.75, 3.05) is 0 Å². The Morgan fingerprint density at radius 1 is 1.22 bits per heavy atom. The molecular formula is C15H30N2O. The fourth-order valence-corrected chi connectivity index (χ4v) is 2.35. The van der Waals surface area contributed by atoms with Gasteiger partial charge in [0, 0.05) is 18.7 Å². The molecule has 0 aromatic carbocycles. The van der Waals surface area contributed by atoms with Crippen LogP contribution in [0.1, 0.15) is 66.7 Å². The van der Waals surface area contributed by atoms with Crippen LogP contribution in [-0.4, -0.2) is 17.0 Å².